The van der Waals surface area contributed by atoms with E-state index in [2.05, 4.69) is 30.8 Å². The predicted octanol–water partition coefficient (Wildman–Crippen LogP) is 4.03. The number of hydrogen-bond donors (Lipinski definition) is 3. The molecule has 0 aliphatic rings. The molecule has 3 heterocycles. The SMILES string of the molecule is CCNC(=O)Nc1nc2c(F)c(-c3cn[nH]c3)cc(-c3ccccn3)c2s1. The van der Waals surface area contributed by atoms with Crippen LogP contribution in [0.5, 0.6) is 0 Å². The van der Waals surface area contributed by atoms with Gasteiger partial charge in [0, 0.05) is 35.6 Å². The standard InChI is InChI=1S/C18H15FN6OS/c1-2-20-17(26)25-18-24-15-14(19)11(10-8-22-23-9-10)7-12(16(15)27-18)13-5-3-4-6-21-13/h3-9H,2H2,1H3,(H,22,23)(H2,20,24,25,26). The molecule has 0 unspecified atom stereocenters. The summed E-state index contributed by atoms with van der Waals surface area (Å²) >= 11 is 1.21. The molecule has 0 radical (unpaired) electrons. The Balaban J connectivity index is 1.92. The van der Waals surface area contributed by atoms with Crippen molar-refractivity contribution >= 4 is 32.7 Å². The lowest BCUT2D eigenvalue weighted by Crippen LogP contribution is -2.28. The number of nitrogens with one attached hydrogen (secondary N) is 3. The van der Waals surface area contributed by atoms with Crippen LogP contribution in [0.2, 0.25) is 0 Å². The Hall–Kier alpha value is -3.33. The van der Waals surface area contributed by atoms with E-state index in [0.29, 0.717) is 33.2 Å². The van der Waals surface area contributed by atoms with E-state index in [9.17, 15) is 4.79 Å². The molecule has 0 aliphatic carbocycles. The number of benzene rings is 1. The number of pyridine rings is 1. The third-order valence-corrected chi connectivity index (χ3v) is 4.92. The molecule has 136 valence electrons. The van der Waals surface area contributed by atoms with Crippen LogP contribution < -0.4 is 10.6 Å². The lowest BCUT2D eigenvalue weighted by molar-refractivity contribution is 0.252. The van der Waals surface area contributed by atoms with Crippen molar-refractivity contribution in [3.8, 4) is 22.4 Å². The molecule has 0 saturated heterocycles. The summed E-state index contributed by atoms with van der Waals surface area (Å²) in [5.74, 6) is -0.466. The Kier molecular flexibility index (Phi) is 4.51. The summed E-state index contributed by atoms with van der Waals surface area (Å²) < 4.78 is 15.8. The fourth-order valence-electron chi connectivity index (χ4n) is 2.73. The average molecular weight is 382 g/mol. The topological polar surface area (TPSA) is 95.6 Å². The first-order valence-corrected chi connectivity index (χ1v) is 9.07. The van der Waals surface area contributed by atoms with E-state index in [4.69, 9.17) is 0 Å². The first kappa shape index (κ1) is 17.1. The number of amides is 2. The van der Waals surface area contributed by atoms with Crippen LogP contribution in [0.4, 0.5) is 14.3 Å². The monoisotopic (exact) mass is 382 g/mol. The van der Waals surface area contributed by atoms with Gasteiger partial charge in [0.25, 0.3) is 0 Å². The zero-order valence-electron chi connectivity index (χ0n) is 14.3. The molecule has 7 nitrogen and oxygen atoms in total. The molecule has 0 fully saturated rings. The van der Waals surface area contributed by atoms with Crippen molar-refractivity contribution in [1.82, 2.24) is 25.5 Å². The summed E-state index contributed by atoms with van der Waals surface area (Å²) in [6.45, 7) is 2.29. The van der Waals surface area contributed by atoms with Crippen LogP contribution in [0.3, 0.4) is 0 Å². The molecule has 4 rings (SSSR count). The highest BCUT2D eigenvalue weighted by Crippen LogP contribution is 2.40. The number of halogens is 1. The number of fused-ring (bicyclic) bond motifs is 1. The molecule has 0 atom stereocenters. The minimum absolute atomic E-state index is 0.186. The third kappa shape index (κ3) is 3.24. The Bertz CT molecular complexity index is 1090. The van der Waals surface area contributed by atoms with Gasteiger partial charge in [-0.2, -0.15) is 5.10 Å². The van der Waals surface area contributed by atoms with Crippen molar-refractivity contribution in [2.75, 3.05) is 11.9 Å². The molecule has 0 aliphatic heterocycles. The van der Waals surface area contributed by atoms with Crippen LogP contribution in [0, 0.1) is 5.82 Å². The van der Waals surface area contributed by atoms with E-state index in [0.717, 1.165) is 5.56 Å². The summed E-state index contributed by atoms with van der Waals surface area (Å²) in [5.41, 5.74) is 2.60. The molecule has 0 bridgehead atoms. The lowest BCUT2D eigenvalue weighted by atomic mass is 10.0. The molecule has 0 spiro atoms. The Labute approximate surface area is 157 Å². The zero-order chi connectivity index (χ0) is 18.8. The number of aromatic nitrogens is 4. The maximum Gasteiger partial charge on any atom is 0.321 e. The Morgan fingerprint density at radius 2 is 2.22 bits per heavy atom. The van der Waals surface area contributed by atoms with Gasteiger partial charge in [0.05, 0.1) is 16.6 Å². The predicted molar refractivity (Wildman–Crippen MR) is 103 cm³/mol. The Morgan fingerprint density at radius 1 is 1.33 bits per heavy atom. The van der Waals surface area contributed by atoms with Gasteiger partial charge in [-0.3, -0.25) is 15.4 Å². The molecule has 3 aromatic heterocycles. The van der Waals surface area contributed by atoms with E-state index in [-0.39, 0.29) is 11.5 Å². The second-order valence-electron chi connectivity index (χ2n) is 5.67. The minimum atomic E-state index is -0.466. The van der Waals surface area contributed by atoms with Crippen LogP contribution in [0.15, 0.2) is 42.9 Å². The molecule has 1 aromatic carbocycles. The van der Waals surface area contributed by atoms with Crippen LogP contribution in [-0.2, 0) is 0 Å². The van der Waals surface area contributed by atoms with Gasteiger partial charge in [0.1, 0.15) is 5.52 Å². The summed E-state index contributed by atoms with van der Waals surface area (Å²) in [6, 6.07) is 6.88. The largest absolute Gasteiger partial charge is 0.338 e. The zero-order valence-corrected chi connectivity index (χ0v) is 15.1. The highest BCUT2D eigenvalue weighted by atomic mass is 32.1. The summed E-state index contributed by atoms with van der Waals surface area (Å²) in [6.07, 6.45) is 4.84. The summed E-state index contributed by atoms with van der Waals surface area (Å²) in [4.78, 5) is 20.5. The summed E-state index contributed by atoms with van der Waals surface area (Å²) in [7, 11) is 0. The van der Waals surface area contributed by atoms with Crippen LogP contribution in [-0.4, -0.2) is 32.7 Å². The second kappa shape index (κ2) is 7.12. The van der Waals surface area contributed by atoms with Crippen molar-refractivity contribution in [3.63, 3.8) is 0 Å². The number of aromatic amines is 1. The number of thiazole rings is 1. The van der Waals surface area contributed by atoms with Gasteiger partial charge in [-0.05, 0) is 25.1 Å². The van der Waals surface area contributed by atoms with Crippen LogP contribution in [0.1, 0.15) is 6.92 Å². The fourth-order valence-corrected chi connectivity index (χ4v) is 3.71. The molecular weight excluding hydrogens is 367 g/mol. The number of rotatable bonds is 4. The van der Waals surface area contributed by atoms with Crippen molar-refractivity contribution in [3.05, 3.63) is 48.7 Å². The van der Waals surface area contributed by atoms with Gasteiger partial charge < -0.3 is 5.32 Å². The quantitative estimate of drug-likeness (QED) is 0.497. The van der Waals surface area contributed by atoms with E-state index in [1.807, 2.05) is 25.1 Å². The normalized spacial score (nSPS) is 10.9. The first-order valence-electron chi connectivity index (χ1n) is 8.25. The van der Waals surface area contributed by atoms with E-state index in [1.165, 1.54) is 11.3 Å². The number of hydrogen-bond acceptors (Lipinski definition) is 5. The molecule has 0 saturated carbocycles. The molecule has 2 amide bonds. The molecular formula is C18H15FN6OS. The first-order chi connectivity index (χ1) is 13.2. The maximum atomic E-state index is 15.2. The van der Waals surface area contributed by atoms with E-state index in [1.54, 1.807) is 24.7 Å². The molecule has 9 heteroatoms. The van der Waals surface area contributed by atoms with Gasteiger partial charge in [-0.1, -0.05) is 17.4 Å². The van der Waals surface area contributed by atoms with Crippen molar-refractivity contribution in [2.45, 2.75) is 6.92 Å². The van der Waals surface area contributed by atoms with E-state index >= 15 is 4.39 Å². The number of nitrogens with zero attached hydrogens (tertiary/aromatic N) is 3. The third-order valence-electron chi connectivity index (χ3n) is 3.91. The van der Waals surface area contributed by atoms with Gasteiger partial charge in [-0.15, -0.1) is 0 Å². The van der Waals surface area contributed by atoms with Gasteiger partial charge >= 0.3 is 6.03 Å². The minimum Gasteiger partial charge on any atom is -0.338 e. The van der Waals surface area contributed by atoms with Crippen LogP contribution in [0.25, 0.3) is 32.6 Å². The number of carbonyl (C=O) groups is 1. The highest BCUT2D eigenvalue weighted by Gasteiger charge is 2.20. The summed E-state index contributed by atoms with van der Waals surface area (Å²) in [5, 5.41) is 12.2. The number of carbonyl (C=O) groups excluding carboxylic acids is 1. The van der Waals surface area contributed by atoms with Crippen molar-refractivity contribution < 1.29 is 9.18 Å². The second-order valence-corrected chi connectivity index (χ2v) is 6.67. The smallest absolute Gasteiger partial charge is 0.321 e. The highest BCUT2D eigenvalue weighted by molar-refractivity contribution is 7.22. The van der Waals surface area contributed by atoms with Crippen molar-refractivity contribution in [1.29, 1.82) is 0 Å². The maximum absolute atomic E-state index is 15.2. The number of anilines is 1. The number of urea groups is 1. The lowest BCUT2D eigenvalue weighted by Gasteiger charge is -2.07. The van der Waals surface area contributed by atoms with E-state index < -0.39 is 5.82 Å². The van der Waals surface area contributed by atoms with Crippen LogP contribution >= 0.6 is 11.3 Å². The van der Waals surface area contributed by atoms with Gasteiger partial charge in [-0.25, -0.2) is 14.2 Å². The van der Waals surface area contributed by atoms with Gasteiger partial charge in [0.15, 0.2) is 10.9 Å². The molecule has 3 N–H and O–H groups in total. The molecule has 4 aromatic rings. The average Bonchev–Trinajstić information content (AvgIpc) is 3.33. The number of H-pyrrole nitrogens is 1. The Morgan fingerprint density at radius 3 is 2.93 bits per heavy atom. The van der Waals surface area contributed by atoms with Crippen molar-refractivity contribution in [2.24, 2.45) is 0 Å². The molecule has 27 heavy (non-hydrogen) atoms. The van der Waals surface area contributed by atoms with Gasteiger partial charge in [0.2, 0.25) is 0 Å². The fraction of sp³-hybridized carbons (Fsp3) is 0.111.